The number of carbonyl (C=O) groups is 1. The molecule has 0 bridgehead atoms. The maximum Gasteiger partial charge on any atom is 0.288 e. The van der Waals surface area contributed by atoms with Crippen molar-refractivity contribution in [2.24, 2.45) is 0 Å². The molecule has 0 unspecified atom stereocenters. The molecular weight excluding hydrogens is 384 g/mol. The number of alkyl halides is 2. The Morgan fingerprint density at radius 3 is 2.81 bits per heavy atom. The fraction of sp³-hybridized carbons (Fsp3) is 0.438. The predicted molar refractivity (Wildman–Crippen MR) is 99.4 cm³/mol. The summed E-state index contributed by atoms with van der Waals surface area (Å²) >= 11 is 0.439. The van der Waals surface area contributed by atoms with E-state index in [0.29, 0.717) is 28.0 Å². The molecule has 0 saturated carbocycles. The molecular formula is C16H20ClF2N5OS. The number of piperidine rings is 1. The van der Waals surface area contributed by atoms with Gasteiger partial charge in [-0.2, -0.15) is 8.78 Å². The molecule has 2 heterocycles. The van der Waals surface area contributed by atoms with Crippen molar-refractivity contribution in [3.63, 3.8) is 0 Å². The van der Waals surface area contributed by atoms with Gasteiger partial charge in [-0.05, 0) is 51.1 Å². The summed E-state index contributed by atoms with van der Waals surface area (Å²) in [6, 6.07) is 6.60. The van der Waals surface area contributed by atoms with E-state index in [1.54, 1.807) is 22.9 Å². The van der Waals surface area contributed by atoms with Crippen molar-refractivity contribution < 1.29 is 13.6 Å². The number of rotatable bonds is 5. The Kier molecular flexibility index (Phi) is 7.36. The normalized spacial score (nSPS) is 14.9. The monoisotopic (exact) mass is 403 g/mol. The molecule has 10 heteroatoms. The lowest BCUT2D eigenvalue weighted by molar-refractivity contribution is 0.102. The minimum Gasteiger partial charge on any atom is -0.320 e. The summed E-state index contributed by atoms with van der Waals surface area (Å²) in [6.07, 6.45) is 1.89. The van der Waals surface area contributed by atoms with Crippen molar-refractivity contribution in [2.45, 2.75) is 36.5 Å². The standard InChI is InChI=1S/C16H19F2N5OS.ClH/c1-10-14(21-22-23(10)12-5-7-19-8-6-12)15(24)20-11-3-2-4-13(9-11)25-16(17)18;/h2-4,9,12,16,19H,5-8H2,1H3,(H,20,24);1H. The molecule has 2 aromatic rings. The molecule has 0 spiro atoms. The summed E-state index contributed by atoms with van der Waals surface area (Å²) in [5, 5.41) is 14.1. The lowest BCUT2D eigenvalue weighted by Gasteiger charge is -2.23. The van der Waals surface area contributed by atoms with Gasteiger partial charge >= 0.3 is 0 Å². The smallest absolute Gasteiger partial charge is 0.288 e. The fourth-order valence-corrected chi connectivity index (χ4v) is 3.45. The number of aromatic nitrogens is 3. The van der Waals surface area contributed by atoms with E-state index in [1.807, 2.05) is 6.92 Å². The van der Waals surface area contributed by atoms with E-state index in [0.717, 1.165) is 25.9 Å². The second-order valence-corrected chi connectivity index (χ2v) is 6.87. The molecule has 2 N–H and O–H groups in total. The van der Waals surface area contributed by atoms with Crippen LogP contribution in [-0.2, 0) is 0 Å². The number of amides is 1. The van der Waals surface area contributed by atoms with Gasteiger partial charge in [-0.3, -0.25) is 4.79 Å². The average molecular weight is 404 g/mol. The van der Waals surface area contributed by atoms with Gasteiger partial charge in [-0.25, -0.2) is 4.68 Å². The van der Waals surface area contributed by atoms with E-state index < -0.39 is 11.7 Å². The molecule has 0 radical (unpaired) electrons. The Hall–Kier alpha value is -1.71. The van der Waals surface area contributed by atoms with Crippen LogP contribution < -0.4 is 10.6 Å². The maximum atomic E-state index is 12.5. The Morgan fingerprint density at radius 1 is 1.38 bits per heavy atom. The van der Waals surface area contributed by atoms with E-state index in [1.165, 1.54) is 6.07 Å². The second-order valence-electron chi connectivity index (χ2n) is 5.81. The molecule has 1 aliphatic heterocycles. The van der Waals surface area contributed by atoms with Gasteiger partial charge in [0.2, 0.25) is 0 Å². The van der Waals surface area contributed by atoms with Crippen LogP contribution in [-0.4, -0.2) is 39.7 Å². The number of nitrogens with one attached hydrogen (secondary N) is 2. The topological polar surface area (TPSA) is 71.8 Å². The lowest BCUT2D eigenvalue weighted by Crippen LogP contribution is -2.30. The zero-order valence-corrected chi connectivity index (χ0v) is 15.7. The number of nitrogens with zero attached hydrogens (tertiary/aromatic N) is 3. The first kappa shape index (κ1) is 20.6. The van der Waals surface area contributed by atoms with E-state index in [4.69, 9.17) is 0 Å². The fourth-order valence-electron chi connectivity index (χ4n) is 2.89. The molecule has 142 valence electrons. The van der Waals surface area contributed by atoms with Crippen LogP contribution in [0.5, 0.6) is 0 Å². The third-order valence-corrected chi connectivity index (χ3v) is 4.82. The summed E-state index contributed by atoms with van der Waals surface area (Å²) < 4.78 is 26.7. The van der Waals surface area contributed by atoms with Gasteiger partial charge in [0.25, 0.3) is 11.7 Å². The van der Waals surface area contributed by atoms with Crippen LogP contribution >= 0.6 is 24.2 Å². The maximum absolute atomic E-state index is 12.5. The molecule has 1 saturated heterocycles. The number of benzene rings is 1. The molecule has 1 aliphatic rings. The van der Waals surface area contributed by atoms with Crippen LogP contribution in [0.3, 0.4) is 0 Å². The van der Waals surface area contributed by atoms with Crippen LogP contribution in [0.2, 0.25) is 0 Å². The number of thioether (sulfide) groups is 1. The highest BCUT2D eigenvalue weighted by atomic mass is 35.5. The van der Waals surface area contributed by atoms with E-state index >= 15 is 0 Å². The van der Waals surface area contributed by atoms with Crippen molar-refractivity contribution in [3.05, 3.63) is 35.7 Å². The van der Waals surface area contributed by atoms with Gasteiger partial charge in [0.15, 0.2) is 5.69 Å². The van der Waals surface area contributed by atoms with Crippen molar-refractivity contribution in [3.8, 4) is 0 Å². The SMILES string of the molecule is Cc1c(C(=O)Nc2cccc(SC(F)F)c2)nnn1C1CCNCC1.Cl. The second kappa shape index (κ2) is 9.29. The van der Waals surface area contributed by atoms with Crippen molar-refractivity contribution in [1.82, 2.24) is 20.3 Å². The summed E-state index contributed by atoms with van der Waals surface area (Å²) in [7, 11) is 0. The van der Waals surface area contributed by atoms with Crippen LogP contribution in [0.4, 0.5) is 14.5 Å². The Labute approximate surface area is 160 Å². The van der Waals surface area contributed by atoms with Gasteiger partial charge in [0.05, 0.1) is 11.7 Å². The minimum absolute atomic E-state index is 0. The van der Waals surface area contributed by atoms with Crippen molar-refractivity contribution in [1.29, 1.82) is 0 Å². The number of halogens is 3. The highest BCUT2D eigenvalue weighted by molar-refractivity contribution is 7.99. The van der Waals surface area contributed by atoms with Crippen LogP contribution in [0.15, 0.2) is 29.2 Å². The van der Waals surface area contributed by atoms with Gasteiger partial charge in [-0.15, -0.1) is 17.5 Å². The van der Waals surface area contributed by atoms with Crippen molar-refractivity contribution in [2.75, 3.05) is 18.4 Å². The zero-order valence-electron chi connectivity index (χ0n) is 14.1. The van der Waals surface area contributed by atoms with Gasteiger partial charge in [-0.1, -0.05) is 23.0 Å². The summed E-state index contributed by atoms with van der Waals surface area (Å²) in [5.74, 6) is -2.89. The first-order chi connectivity index (χ1) is 12.0. The molecule has 1 fully saturated rings. The molecule has 0 atom stereocenters. The van der Waals surface area contributed by atoms with Crippen molar-refractivity contribution >= 4 is 35.8 Å². The zero-order chi connectivity index (χ0) is 17.8. The van der Waals surface area contributed by atoms with E-state index in [2.05, 4.69) is 20.9 Å². The third-order valence-electron chi connectivity index (χ3n) is 4.11. The molecule has 6 nitrogen and oxygen atoms in total. The third kappa shape index (κ3) is 4.93. The lowest BCUT2D eigenvalue weighted by atomic mass is 10.1. The largest absolute Gasteiger partial charge is 0.320 e. The Bertz CT molecular complexity index is 752. The minimum atomic E-state index is -2.50. The summed E-state index contributed by atoms with van der Waals surface area (Å²) in [5.41, 5.74) is 1.42. The average Bonchev–Trinajstić information content (AvgIpc) is 2.97. The number of hydrogen-bond acceptors (Lipinski definition) is 5. The highest BCUT2D eigenvalue weighted by Crippen LogP contribution is 2.27. The molecule has 1 aromatic carbocycles. The van der Waals surface area contributed by atoms with Crippen LogP contribution in [0.25, 0.3) is 0 Å². The van der Waals surface area contributed by atoms with E-state index in [9.17, 15) is 13.6 Å². The number of carbonyl (C=O) groups excluding carboxylic acids is 1. The Morgan fingerprint density at radius 2 is 2.12 bits per heavy atom. The highest BCUT2D eigenvalue weighted by Gasteiger charge is 2.23. The van der Waals surface area contributed by atoms with Gasteiger partial charge in [0, 0.05) is 10.6 Å². The first-order valence-corrected chi connectivity index (χ1v) is 8.91. The van der Waals surface area contributed by atoms with Gasteiger partial charge < -0.3 is 10.6 Å². The molecule has 3 rings (SSSR count). The van der Waals surface area contributed by atoms with Crippen LogP contribution in [0, 0.1) is 6.92 Å². The molecule has 1 aromatic heterocycles. The summed E-state index contributed by atoms with van der Waals surface area (Å²) in [4.78, 5) is 12.9. The Balaban J connectivity index is 0.00000243. The molecule has 1 amide bonds. The van der Waals surface area contributed by atoms with Crippen LogP contribution in [0.1, 0.15) is 35.1 Å². The molecule has 26 heavy (non-hydrogen) atoms. The van der Waals surface area contributed by atoms with E-state index in [-0.39, 0.29) is 24.1 Å². The number of anilines is 1. The van der Waals surface area contributed by atoms with Gasteiger partial charge in [0.1, 0.15) is 0 Å². The quantitative estimate of drug-likeness (QED) is 0.747. The molecule has 0 aliphatic carbocycles. The summed E-state index contributed by atoms with van der Waals surface area (Å²) in [6.45, 7) is 3.65. The first-order valence-electron chi connectivity index (χ1n) is 8.03. The number of hydrogen-bond donors (Lipinski definition) is 2. The predicted octanol–water partition coefficient (Wildman–Crippen LogP) is 3.50.